The minimum atomic E-state index is -1.43. The molecule has 2 aromatic heterocycles. The monoisotopic (exact) mass is 285 g/mol. The van der Waals surface area contributed by atoms with Crippen LogP contribution in [0.25, 0.3) is 11.0 Å². The molecule has 0 saturated heterocycles. The van der Waals surface area contributed by atoms with Crippen molar-refractivity contribution in [3.63, 3.8) is 0 Å². The SMILES string of the molecule is OC[C@H]1C[C@@H](n2ccc3c(Cl)ncnc32)[C@H](F)[C@@H]1O. The number of nitrogens with zero attached hydrogens (tertiary/aromatic N) is 3. The molecule has 0 amide bonds. The Bertz CT molecular complexity index is 606. The molecule has 4 atom stereocenters. The summed E-state index contributed by atoms with van der Waals surface area (Å²) in [5.41, 5.74) is 0.540. The molecule has 1 fully saturated rings. The van der Waals surface area contributed by atoms with Crippen LogP contribution in [0.3, 0.4) is 0 Å². The van der Waals surface area contributed by atoms with Gasteiger partial charge in [0.2, 0.25) is 0 Å². The number of alkyl halides is 1. The number of hydrogen-bond acceptors (Lipinski definition) is 4. The second-order valence-corrected chi connectivity index (χ2v) is 5.16. The topological polar surface area (TPSA) is 71.2 Å². The van der Waals surface area contributed by atoms with Gasteiger partial charge < -0.3 is 14.8 Å². The van der Waals surface area contributed by atoms with Crippen LogP contribution in [-0.2, 0) is 0 Å². The Kier molecular flexibility index (Phi) is 3.16. The first kappa shape index (κ1) is 12.8. The van der Waals surface area contributed by atoms with Gasteiger partial charge in [0.05, 0.1) is 17.5 Å². The summed E-state index contributed by atoms with van der Waals surface area (Å²) in [5.74, 6) is -0.449. The number of fused-ring (bicyclic) bond motifs is 1. The fourth-order valence-electron chi connectivity index (χ4n) is 2.72. The van der Waals surface area contributed by atoms with Gasteiger partial charge >= 0.3 is 0 Å². The summed E-state index contributed by atoms with van der Waals surface area (Å²) in [7, 11) is 0. The van der Waals surface area contributed by atoms with Gasteiger partial charge in [0.25, 0.3) is 0 Å². The Morgan fingerprint density at radius 1 is 1.47 bits per heavy atom. The predicted molar refractivity (Wildman–Crippen MR) is 67.7 cm³/mol. The molecule has 0 spiro atoms. The quantitative estimate of drug-likeness (QED) is 0.817. The van der Waals surface area contributed by atoms with E-state index in [1.807, 2.05) is 0 Å². The second-order valence-electron chi connectivity index (χ2n) is 4.81. The first-order valence-electron chi connectivity index (χ1n) is 6.03. The first-order chi connectivity index (χ1) is 9.13. The van der Waals surface area contributed by atoms with Crippen molar-refractivity contribution in [3.05, 3.63) is 23.7 Å². The van der Waals surface area contributed by atoms with Crippen molar-refractivity contribution in [2.24, 2.45) is 5.92 Å². The van der Waals surface area contributed by atoms with Crippen LogP contribution in [0.1, 0.15) is 12.5 Å². The summed E-state index contributed by atoms with van der Waals surface area (Å²) >= 11 is 5.95. The van der Waals surface area contributed by atoms with Gasteiger partial charge in [-0.3, -0.25) is 0 Å². The van der Waals surface area contributed by atoms with Gasteiger partial charge in [-0.1, -0.05) is 11.6 Å². The Morgan fingerprint density at radius 3 is 2.95 bits per heavy atom. The molecular formula is C12H13ClFN3O2. The highest BCUT2D eigenvalue weighted by molar-refractivity contribution is 6.33. The van der Waals surface area contributed by atoms with Gasteiger partial charge in [0.15, 0.2) is 0 Å². The average molecular weight is 286 g/mol. The van der Waals surface area contributed by atoms with Crippen LogP contribution in [0.4, 0.5) is 4.39 Å². The molecule has 1 saturated carbocycles. The molecule has 2 heterocycles. The summed E-state index contributed by atoms with van der Waals surface area (Å²) in [6, 6.07) is 1.18. The number of hydrogen-bond donors (Lipinski definition) is 2. The van der Waals surface area contributed by atoms with Crippen LogP contribution < -0.4 is 0 Å². The van der Waals surface area contributed by atoms with Crippen LogP contribution in [0.2, 0.25) is 5.15 Å². The lowest BCUT2D eigenvalue weighted by Gasteiger charge is -2.16. The maximum atomic E-state index is 14.2. The number of aromatic nitrogens is 3. The summed E-state index contributed by atoms with van der Waals surface area (Å²) in [6.07, 6.45) is 0.800. The summed E-state index contributed by atoms with van der Waals surface area (Å²) < 4.78 is 15.8. The molecule has 5 nitrogen and oxygen atoms in total. The van der Waals surface area contributed by atoms with E-state index in [4.69, 9.17) is 16.7 Å². The molecule has 1 aliphatic carbocycles. The van der Waals surface area contributed by atoms with E-state index in [-0.39, 0.29) is 6.61 Å². The van der Waals surface area contributed by atoms with E-state index in [0.717, 1.165) is 0 Å². The van der Waals surface area contributed by atoms with E-state index in [1.165, 1.54) is 6.33 Å². The van der Waals surface area contributed by atoms with Crippen molar-refractivity contribution >= 4 is 22.6 Å². The standard InChI is InChI=1S/C12H13ClFN3O2/c13-11-7-1-2-17(12(7)16-5-15-11)8-3-6(4-18)10(19)9(8)14/h1-2,5-6,8-10,18-19H,3-4H2/t6-,8-,9+,10-/m1/s1. The zero-order valence-electron chi connectivity index (χ0n) is 9.95. The summed E-state index contributed by atoms with van der Waals surface area (Å²) in [4.78, 5) is 7.98. The van der Waals surface area contributed by atoms with Crippen LogP contribution in [0.15, 0.2) is 18.6 Å². The van der Waals surface area contributed by atoms with E-state index in [2.05, 4.69) is 9.97 Å². The molecular weight excluding hydrogens is 273 g/mol. The van der Waals surface area contributed by atoms with Crippen molar-refractivity contribution in [1.82, 2.24) is 14.5 Å². The van der Waals surface area contributed by atoms with Gasteiger partial charge in [-0.15, -0.1) is 0 Å². The molecule has 0 unspecified atom stereocenters. The molecule has 102 valence electrons. The Morgan fingerprint density at radius 2 is 2.26 bits per heavy atom. The molecule has 0 radical (unpaired) electrons. The molecule has 0 aromatic carbocycles. The van der Waals surface area contributed by atoms with E-state index < -0.39 is 24.2 Å². The third kappa shape index (κ3) is 1.91. The smallest absolute Gasteiger partial charge is 0.147 e. The second kappa shape index (κ2) is 4.70. The first-order valence-corrected chi connectivity index (χ1v) is 6.41. The fourth-order valence-corrected chi connectivity index (χ4v) is 2.92. The number of halogens is 2. The molecule has 0 bridgehead atoms. The van der Waals surface area contributed by atoms with Gasteiger partial charge in [-0.25, -0.2) is 14.4 Å². The average Bonchev–Trinajstić information content (AvgIpc) is 2.94. The van der Waals surface area contributed by atoms with Gasteiger partial charge in [0, 0.05) is 18.7 Å². The van der Waals surface area contributed by atoms with Crippen molar-refractivity contribution < 1.29 is 14.6 Å². The van der Waals surface area contributed by atoms with Crippen LogP contribution in [0, 0.1) is 5.92 Å². The molecule has 0 aliphatic heterocycles. The Labute approximate surface area is 113 Å². The van der Waals surface area contributed by atoms with Crippen LogP contribution >= 0.6 is 11.6 Å². The zero-order chi connectivity index (χ0) is 13.6. The molecule has 7 heteroatoms. The van der Waals surface area contributed by atoms with Crippen LogP contribution in [-0.4, -0.2) is 43.6 Å². The van der Waals surface area contributed by atoms with Gasteiger partial charge in [-0.05, 0) is 12.5 Å². The minimum Gasteiger partial charge on any atom is -0.396 e. The Balaban J connectivity index is 2.04. The van der Waals surface area contributed by atoms with Crippen molar-refractivity contribution in [2.75, 3.05) is 6.61 Å². The van der Waals surface area contributed by atoms with Crippen molar-refractivity contribution in [2.45, 2.75) is 24.7 Å². The van der Waals surface area contributed by atoms with Gasteiger partial charge in [0.1, 0.15) is 23.3 Å². The highest BCUT2D eigenvalue weighted by Crippen LogP contribution is 2.39. The van der Waals surface area contributed by atoms with Gasteiger partial charge in [-0.2, -0.15) is 0 Å². The van der Waals surface area contributed by atoms with E-state index >= 15 is 0 Å². The van der Waals surface area contributed by atoms with Crippen molar-refractivity contribution in [3.8, 4) is 0 Å². The molecule has 3 rings (SSSR count). The summed E-state index contributed by atoms with van der Waals surface area (Å²) in [6.45, 7) is -0.229. The van der Waals surface area contributed by atoms with E-state index in [0.29, 0.717) is 22.6 Å². The zero-order valence-corrected chi connectivity index (χ0v) is 10.7. The number of aliphatic hydroxyl groups excluding tert-OH is 2. The maximum absolute atomic E-state index is 14.2. The fraction of sp³-hybridized carbons (Fsp3) is 0.500. The number of rotatable bonds is 2. The minimum absolute atomic E-state index is 0.229. The van der Waals surface area contributed by atoms with E-state index in [9.17, 15) is 9.50 Å². The Hall–Kier alpha value is -1.24. The van der Waals surface area contributed by atoms with Crippen LogP contribution in [0.5, 0.6) is 0 Å². The van der Waals surface area contributed by atoms with E-state index in [1.54, 1.807) is 16.8 Å². The largest absolute Gasteiger partial charge is 0.396 e. The lowest BCUT2D eigenvalue weighted by atomic mass is 10.1. The lowest BCUT2D eigenvalue weighted by molar-refractivity contribution is 0.0401. The molecule has 1 aliphatic rings. The third-order valence-electron chi connectivity index (χ3n) is 3.77. The maximum Gasteiger partial charge on any atom is 0.147 e. The highest BCUT2D eigenvalue weighted by Gasteiger charge is 2.43. The third-order valence-corrected chi connectivity index (χ3v) is 4.07. The molecule has 2 aromatic rings. The normalized spacial score (nSPS) is 31.2. The lowest BCUT2D eigenvalue weighted by Crippen LogP contribution is -2.26. The van der Waals surface area contributed by atoms with Crippen molar-refractivity contribution in [1.29, 1.82) is 0 Å². The predicted octanol–water partition coefficient (Wildman–Crippen LogP) is 1.34. The number of aliphatic hydroxyl groups is 2. The highest BCUT2D eigenvalue weighted by atomic mass is 35.5. The molecule has 2 N–H and O–H groups in total. The molecule has 19 heavy (non-hydrogen) atoms. The summed E-state index contributed by atoms with van der Waals surface area (Å²) in [5, 5.41) is 19.9.